The Bertz CT molecular complexity index is 2440. The van der Waals surface area contributed by atoms with Gasteiger partial charge in [-0.1, -0.05) is 6.92 Å². The first kappa shape index (κ1) is 54.1. The smallest absolute Gasteiger partial charge is 0.410 e. The van der Waals surface area contributed by atoms with E-state index in [0.29, 0.717) is 37.6 Å². The van der Waals surface area contributed by atoms with Crippen molar-refractivity contribution < 1.29 is 51.1 Å². The standard InChI is InChI=1S/C22H28FN5O4.C14H14FN3O3S.C10H20N2O2/c1-22(2,3)32-21(30)28-9-7-14(8-10-28)26-20-25-12-16(19(24)27-20)18(29)15-6-5-13(23)11-17(15)31-4;1-3-22(20)14-17-7-10(13(16)18-14)12(19)9-5-4-8(15)6-11(9)21-2;1-10(2,3)14-9(13)12-6-4-8(11)5-7-12/h5-6,11-12,14H,7-10H2,1-4H3,(H3,24,25,26,27);4-7H,3H2,1-2H3,(H2,16,17,18);8H,4-7,11H2,1-3H3. The maximum absolute atomic E-state index is 13.4. The van der Waals surface area contributed by atoms with E-state index in [1.165, 1.54) is 44.8 Å². The molecule has 1 unspecified atom stereocenters. The fourth-order valence-corrected chi connectivity index (χ4v) is 7.18. The van der Waals surface area contributed by atoms with Crippen molar-refractivity contribution in [3.05, 3.63) is 82.7 Å². The van der Waals surface area contributed by atoms with Crippen molar-refractivity contribution in [3.8, 4) is 11.5 Å². The number of carbonyl (C=O) groups is 4. The number of benzene rings is 2. The highest BCUT2D eigenvalue weighted by Gasteiger charge is 2.29. The van der Waals surface area contributed by atoms with Crippen molar-refractivity contribution in [1.82, 2.24) is 29.7 Å². The second-order valence-electron chi connectivity index (χ2n) is 17.6. The maximum atomic E-state index is 13.4. The number of nitrogens with two attached hydrogens (primary N) is 3. The average molecular weight is 969 g/mol. The first-order valence-electron chi connectivity index (χ1n) is 21.8. The minimum Gasteiger partial charge on any atom is -0.496 e. The van der Waals surface area contributed by atoms with Gasteiger partial charge in [0.25, 0.3) is 0 Å². The third-order valence-electron chi connectivity index (χ3n) is 10.1. The highest BCUT2D eigenvalue weighted by atomic mass is 32.2. The number of hydrogen-bond donors (Lipinski definition) is 4. The first-order chi connectivity index (χ1) is 31.9. The Hall–Kier alpha value is -6.55. The topological polar surface area (TPSA) is 270 Å². The number of amides is 2. The van der Waals surface area contributed by atoms with Gasteiger partial charge in [-0.15, -0.1) is 0 Å². The Morgan fingerprint density at radius 2 is 1.13 bits per heavy atom. The molecule has 19 nitrogen and oxygen atoms in total. The highest BCUT2D eigenvalue weighted by Crippen LogP contribution is 2.27. The molecule has 370 valence electrons. The van der Waals surface area contributed by atoms with Crippen LogP contribution in [-0.4, -0.2) is 127 Å². The van der Waals surface area contributed by atoms with Crippen LogP contribution in [0.2, 0.25) is 0 Å². The minimum atomic E-state index is -1.36. The van der Waals surface area contributed by atoms with E-state index < -0.39 is 45.2 Å². The Morgan fingerprint density at radius 1 is 0.706 bits per heavy atom. The summed E-state index contributed by atoms with van der Waals surface area (Å²) in [4.78, 5) is 68.7. The number of ketones is 2. The average Bonchev–Trinajstić information content (AvgIpc) is 3.28. The van der Waals surface area contributed by atoms with E-state index in [2.05, 4.69) is 25.3 Å². The third-order valence-corrected chi connectivity index (χ3v) is 11.2. The van der Waals surface area contributed by atoms with Crippen LogP contribution in [0.5, 0.6) is 11.5 Å². The van der Waals surface area contributed by atoms with Crippen LogP contribution >= 0.6 is 0 Å². The van der Waals surface area contributed by atoms with Gasteiger partial charge in [-0.25, -0.2) is 33.3 Å². The van der Waals surface area contributed by atoms with Gasteiger partial charge in [-0.05, 0) is 91.5 Å². The number of nitrogen functional groups attached to an aromatic ring is 2. The predicted molar refractivity (Wildman–Crippen MR) is 252 cm³/mol. The molecule has 2 aliphatic heterocycles. The molecule has 2 fully saturated rings. The van der Waals surface area contributed by atoms with E-state index in [9.17, 15) is 32.2 Å². The fraction of sp³-hybridized carbons (Fsp3) is 0.478. The largest absolute Gasteiger partial charge is 0.496 e. The van der Waals surface area contributed by atoms with Crippen LogP contribution < -0.4 is 32.0 Å². The summed E-state index contributed by atoms with van der Waals surface area (Å²) in [6.07, 6.45) is 5.15. The maximum Gasteiger partial charge on any atom is 0.410 e. The molecule has 0 saturated carbocycles. The van der Waals surface area contributed by atoms with Crippen LogP contribution in [0.25, 0.3) is 0 Å². The van der Waals surface area contributed by atoms with Crippen LogP contribution in [-0.2, 0) is 20.3 Å². The number of nitrogens with one attached hydrogen (secondary N) is 1. The number of carbonyl (C=O) groups excluding carboxylic acids is 4. The van der Waals surface area contributed by atoms with E-state index in [1.807, 2.05) is 41.5 Å². The molecule has 2 aliphatic rings. The summed E-state index contributed by atoms with van der Waals surface area (Å²) in [6.45, 7) is 15.4. The van der Waals surface area contributed by atoms with E-state index >= 15 is 0 Å². The summed E-state index contributed by atoms with van der Waals surface area (Å²) in [6, 6.07) is 7.48. The molecule has 2 aromatic carbocycles. The zero-order valence-electron chi connectivity index (χ0n) is 39.9. The molecule has 2 saturated heterocycles. The number of anilines is 3. The Kier molecular flexibility index (Phi) is 19.0. The molecule has 4 aromatic rings. The van der Waals surface area contributed by atoms with Crippen molar-refractivity contribution in [3.63, 3.8) is 0 Å². The molecular weight excluding hydrogens is 907 g/mol. The fourth-order valence-electron chi connectivity index (χ4n) is 6.55. The van der Waals surface area contributed by atoms with Gasteiger partial charge in [0.15, 0.2) is 0 Å². The number of hydrogen-bond acceptors (Lipinski definition) is 17. The van der Waals surface area contributed by atoms with E-state index in [4.69, 9.17) is 36.1 Å². The Labute approximate surface area is 397 Å². The van der Waals surface area contributed by atoms with Gasteiger partial charge in [0.2, 0.25) is 22.7 Å². The molecule has 0 bridgehead atoms. The number of piperidine rings is 2. The first-order valence-corrected chi connectivity index (χ1v) is 23.1. The predicted octanol–water partition coefficient (Wildman–Crippen LogP) is 6.16. The number of rotatable bonds is 10. The molecule has 68 heavy (non-hydrogen) atoms. The molecule has 6 rings (SSSR count). The molecule has 0 radical (unpaired) electrons. The third kappa shape index (κ3) is 15.8. The number of methoxy groups -OCH3 is 2. The van der Waals surface area contributed by atoms with Crippen molar-refractivity contribution in [2.45, 2.75) is 103 Å². The van der Waals surface area contributed by atoms with Crippen LogP contribution in [0.15, 0.2) is 53.9 Å². The molecule has 0 spiro atoms. The second kappa shape index (κ2) is 23.9. The summed E-state index contributed by atoms with van der Waals surface area (Å²) >= 11 is 0. The van der Waals surface area contributed by atoms with Gasteiger partial charge < -0.3 is 51.3 Å². The lowest BCUT2D eigenvalue weighted by Gasteiger charge is -2.33. The van der Waals surface area contributed by atoms with Crippen LogP contribution in [0.4, 0.5) is 36.0 Å². The Morgan fingerprint density at radius 3 is 1.53 bits per heavy atom. The molecule has 2 aromatic heterocycles. The van der Waals surface area contributed by atoms with Gasteiger partial charge in [0.1, 0.15) is 46.0 Å². The van der Waals surface area contributed by atoms with Gasteiger partial charge >= 0.3 is 12.2 Å². The van der Waals surface area contributed by atoms with Gasteiger partial charge in [0, 0.05) is 68.5 Å². The number of likely N-dealkylation sites (tertiary alicyclic amines) is 2. The highest BCUT2D eigenvalue weighted by molar-refractivity contribution is 7.84. The number of halogens is 2. The molecule has 7 N–H and O–H groups in total. The van der Waals surface area contributed by atoms with Gasteiger partial charge in [-0.2, -0.15) is 4.98 Å². The SMILES string of the molecule is CC(C)(C)OC(=O)N1CCC(N)CC1.CCS(=O)c1ncc(C(=O)c2ccc(F)cc2OC)c(N)n1.COc1cc(F)ccc1C(=O)c1cnc(NC2CCN(C(=O)OC(C)(C)C)CC2)nc1N. The Balaban J connectivity index is 0.000000242. The summed E-state index contributed by atoms with van der Waals surface area (Å²) in [5.74, 6) is -1.24. The molecule has 4 heterocycles. The van der Waals surface area contributed by atoms with Crippen LogP contribution in [0.1, 0.15) is 106 Å². The quantitative estimate of drug-likeness (QED) is 0.102. The lowest BCUT2D eigenvalue weighted by Crippen LogP contribution is -2.44. The second-order valence-corrected chi connectivity index (χ2v) is 19.3. The zero-order valence-corrected chi connectivity index (χ0v) is 40.7. The minimum absolute atomic E-state index is 0.00469. The van der Waals surface area contributed by atoms with Crippen molar-refractivity contribution in [2.75, 3.05) is 62.9 Å². The normalized spacial score (nSPS) is 14.8. The molecule has 1 atom stereocenters. The van der Waals surface area contributed by atoms with E-state index in [0.717, 1.165) is 44.1 Å². The summed E-state index contributed by atoms with van der Waals surface area (Å²) < 4.78 is 59.0. The molecule has 2 amide bonds. The monoisotopic (exact) mass is 968 g/mol. The van der Waals surface area contributed by atoms with Crippen LogP contribution in [0, 0.1) is 11.6 Å². The summed E-state index contributed by atoms with van der Waals surface area (Å²) in [5.41, 5.74) is 17.0. The molecule has 0 aliphatic carbocycles. The van der Waals surface area contributed by atoms with Gasteiger partial charge in [-0.3, -0.25) is 13.8 Å². The molecular formula is C46H62F2N10O9S. The lowest BCUT2D eigenvalue weighted by atomic mass is 10.0. The number of ether oxygens (including phenoxy) is 4. The van der Waals surface area contributed by atoms with E-state index in [-0.39, 0.29) is 74.8 Å². The summed E-state index contributed by atoms with van der Waals surface area (Å²) in [7, 11) is 1.32. The van der Waals surface area contributed by atoms with E-state index in [1.54, 1.807) is 16.7 Å². The van der Waals surface area contributed by atoms with Gasteiger partial charge in [0.05, 0.1) is 47.3 Å². The summed E-state index contributed by atoms with van der Waals surface area (Å²) in [5, 5.41) is 3.27. The molecule has 22 heteroatoms. The zero-order chi connectivity index (χ0) is 50.5. The van der Waals surface area contributed by atoms with Crippen molar-refractivity contribution in [2.24, 2.45) is 5.73 Å². The number of nitrogens with zero attached hydrogens (tertiary/aromatic N) is 6. The van der Waals surface area contributed by atoms with Crippen LogP contribution in [0.3, 0.4) is 0 Å². The lowest BCUT2D eigenvalue weighted by molar-refractivity contribution is 0.0197. The number of aromatic nitrogens is 4. The van der Waals surface area contributed by atoms with Crippen molar-refractivity contribution >= 4 is 52.1 Å². The van der Waals surface area contributed by atoms with Crippen molar-refractivity contribution in [1.29, 1.82) is 0 Å².